The molecule has 1 saturated heterocycles. The van der Waals surface area contributed by atoms with E-state index in [0.29, 0.717) is 11.7 Å². The maximum Gasteiger partial charge on any atom is 0.239 e. The first kappa shape index (κ1) is 24.7. The maximum atomic E-state index is 12.4. The number of thiocarbonyl (C=S) groups is 1. The molecule has 1 heterocycles. The average molecular weight is 480 g/mol. The van der Waals surface area contributed by atoms with Gasteiger partial charge in [-0.3, -0.25) is 4.79 Å². The minimum atomic E-state index is -0.0288. The Bertz CT molecular complexity index is 967. The summed E-state index contributed by atoms with van der Waals surface area (Å²) in [4.78, 5) is 16.4. The number of hydrogen-bond donors (Lipinski definition) is 3. The highest BCUT2D eigenvalue weighted by atomic mass is 32.1. The van der Waals surface area contributed by atoms with Crippen LogP contribution in [0.5, 0.6) is 0 Å². The zero-order valence-electron chi connectivity index (χ0n) is 20.7. The zero-order chi connectivity index (χ0) is 24.0. The Labute approximate surface area is 209 Å². The van der Waals surface area contributed by atoms with Crippen molar-refractivity contribution in [2.24, 2.45) is 0 Å². The summed E-state index contributed by atoms with van der Waals surface area (Å²) in [6.45, 7) is 9.03. The molecule has 6 heteroatoms. The molecule has 0 bridgehead atoms. The lowest BCUT2D eigenvalue weighted by atomic mass is 9.78. The molecule has 4 rings (SSSR count). The van der Waals surface area contributed by atoms with Gasteiger partial charge in [0.25, 0.3) is 0 Å². The fourth-order valence-electron chi connectivity index (χ4n) is 5.47. The van der Waals surface area contributed by atoms with Crippen molar-refractivity contribution in [3.05, 3.63) is 70.8 Å². The molecule has 1 aliphatic heterocycles. The molecule has 5 nitrogen and oxygen atoms in total. The number of benzene rings is 2. The second kappa shape index (κ2) is 11.3. The lowest BCUT2D eigenvalue weighted by molar-refractivity contribution is -0.971. The summed E-state index contributed by atoms with van der Waals surface area (Å²) >= 11 is 5.75. The highest BCUT2D eigenvalue weighted by Crippen LogP contribution is 2.28. The quantitative estimate of drug-likeness (QED) is 0.558. The Morgan fingerprint density at radius 2 is 1.56 bits per heavy atom. The SMILES string of the molecule is Cc1ccc(CNC(=O)CNC(=S)N2CC[NH+](Cc3ccc(C)cc3)C3(CCCCC3)C2)cc1. The van der Waals surface area contributed by atoms with Gasteiger partial charge in [-0.25, -0.2) is 0 Å². The summed E-state index contributed by atoms with van der Waals surface area (Å²) in [7, 11) is 0. The number of hydrogen-bond acceptors (Lipinski definition) is 2. The van der Waals surface area contributed by atoms with Gasteiger partial charge in [-0.05, 0) is 44.5 Å². The first-order chi connectivity index (χ1) is 16.4. The summed E-state index contributed by atoms with van der Waals surface area (Å²) < 4.78 is 0. The number of nitrogens with zero attached hydrogens (tertiary/aromatic N) is 1. The molecule has 2 aromatic carbocycles. The van der Waals surface area contributed by atoms with Gasteiger partial charge in [0.05, 0.1) is 26.2 Å². The van der Waals surface area contributed by atoms with Crippen molar-refractivity contribution in [2.75, 3.05) is 26.2 Å². The largest absolute Gasteiger partial charge is 0.353 e. The van der Waals surface area contributed by atoms with Crippen molar-refractivity contribution in [3.8, 4) is 0 Å². The monoisotopic (exact) mass is 479 g/mol. The fourth-order valence-corrected chi connectivity index (χ4v) is 5.70. The number of carbonyl (C=O) groups is 1. The summed E-state index contributed by atoms with van der Waals surface area (Å²) in [5.74, 6) is -0.0288. The molecule has 1 unspecified atom stereocenters. The summed E-state index contributed by atoms with van der Waals surface area (Å²) in [5, 5.41) is 6.93. The summed E-state index contributed by atoms with van der Waals surface area (Å²) in [6, 6.07) is 17.3. The number of amides is 1. The normalized spacial score (nSPS) is 19.6. The van der Waals surface area contributed by atoms with E-state index < -0.39 is 0 Å². The number of nitrogens with one attached hydrogen (secondary N) is 3. The second-order valence-corrected chi connectivity index (χ2v) is 10.6. The molecular formula is C28H39N4OS+. The van der Waals surface area contributed by atoms with Crippen LogP contribution in [0.2, 0.25) is 0 Å². The molecule has 3 N–H and O–H groups in total. The van der Waals surface area contributed by atoms with E-state index in [4.69, 9.17) is 12.2 Å². The van der Waals surface area contributed by atoms with Gasteiger partial charge in [-0.2, -0.15) is 0 Å². The highest BCUT2D eigenvalue weighted by Gasteiger charge is 2.46. The average Bonchev–Trinajstić information content (AvgIpc) is 2.85. The number of carbonyl (C=O) groups excluding carboxylic acids is 1. The van der Waals surface area contributed by atoms with E-state index in [-0.39, 0.29) is 18.0 Å². The zero-order valence-corrected chi connectivity index (χ0v) is 21.5. The molecular weight excluding hydrogens is 440 g/mol. The van der Waals surface area contributed by atoms with Crippen LogP contribution in [0, 0.1) is 13.8 Å². The van der Waals surface area contributed by atoms with Gasteiger partial charge in [0.15, 0.2) is 5.11 Å². The summed E-state index contributed by atoms with van der Waals surface area (Å²) in [5.41, 5.74) is 5.31. The number of quaternary nitrogens is 1. The third-order valence-corrected chi connectivity index (χ3v) is 7.98. The molecule has 2 fully saturated rings. The smallest absolute Gasteiger partial charge is 0.239 e. The highest BCUT2D eigenvalue weighted by molar-refractivity contribution is 7.80. The lowest BCUT2D eigenvalue weighted by Crippen LogP contribution is -3.22. The van der Waals surface area contributed by atoms with Gasteiger partial charge >= 0.3 is 0 Å². The molecule has 1 aliphatic carbocycles. The number of piperazine rings is 1. The topological polar surface area (TPSA) is 48.8 Å². The van der Waals surface area contributed by atoms with Crippen LogP contribution in [0.1, 0.15) is 54.4 Å². The second-order valence-electron chi connectivity index (χ2n) is 10.2. The predicted molar refractivity (Wildman–Crippen MR) is 142 cm³/mol. The third kappa shape index (κ3) is 6.36. The van der Waals surface area contributed by atoms with Gasteiger partial charge in [-0.15, -0.1) is 0 Å². The van der Waals surface area contributed by atoms with Crippen LogP contribution in [0.25, 0.3) is 0 Å². The third-order valence-electron chi connectivity index (χ3n) is 7.57. The van der Waals surface area contributed by atoms with Gasteiger partial charge in [0.1, 0.15) is 12.1 Å². The Hall–Kier alpha value is -2.44. The van der Waals surface area contributed by atoms with Crippen LogP contribution in [0.4, 0.5) is 0 Å². The Kier molecular flexibility index (Phi) is 8.22. The molecule has 2 aliphatic rings. The molecule has 1 saturated carbocycles. The molecule has 182 valence electrons. The van der Waals surface area contributed by atoms with Gasteiger partial charge in [-0.1, -0.05) is 66.1 Å². The molecule has 1 spiro atoms. The van der Waals surface area contributed by atoms with Crippen molar-refractivity contribution in [1.82, 2.24) is 15.5 Å². The van der Waals surface area contributed by atoms with Crippen molar-refractivity contribution < 1.29 is 9.69 Å². The summed E-state index contributed by atoms with van der Waals surface area (Å²) in [6.07, 6.45) is 6.44. The lowest BCUT2D eigenvalue weighted by Gasteiger charge is -2.50. The minimum absolute atomic E-state index is 0.0288. The molecule has 1 amide bonds. The molecule has 0 radical (unpaired) electrons. The molecule has 1 atom stereocenters. The van der Waals surface area contributed by atoms with Crippen LogP contribution >= 0.6 is 12.2 Å². The van der Waals surface area contributed by atoms with Crippen LogP contribution in [-0.4, -0.2) is 47.6 Å². The molecule has 2 aromatic rings. The van der Waals surface area contributed by atoms with Crippen molar-refractivity contribution >= 4 is 23.2 Å². The van der Waals surface area contributed by atoms with E-state index in [1.54, 1.807) is 4.90 Å². The molecule has 0 aromatic heterocycles. The van der Waals surface area contributed by atoms with E-state index in [1.807, 2.05) is 0 Å². The molecule has 34 heavy (non-hydrogen) atoms. The van der Waals surface area contributed by atoms with Crippen LogP contribution in [-0.2, 0) is 17.9 Å². The van der Waals surface area contributed by atoms with Crippen molar-refractivity contribution in [2.45, 2.75) is 64.6 Å². The van der Waals surface area contributed by atoms with E-state index in [2.05, 4.69) is 77.9 Å². The Morgan fingerprint density at radius 1 is 0.941 bits per heavy atom. The maximum absolute atomic E-state index is 12.4. The van der Waals surface area contributed by atoms with Gasteiger partial charge in [0.2, 0.25) is 5.91 Å². The van der Waals surface area contributed by atoms with E-state index in [0.717, 1.165) is 31.7 Å². The number of rotatable bonds is 6. The first-order valence-electron chi connectivity index (χ1n) is 12.7. The first-order valence-corrected chi connectivity index (χ1v) is 13.1. The van der Waals surface area contributed by atoms with Gasteiger partial charge < -0.3 is 20.4 Å². The standard InChI is InChI=1S/C28H38N4OS/c1-22-6-10-24(11-7-22)18-29-26(33)19-30-27(34)31-16-17-32(20-25-12-8-23(2)9-13-25)28(21-31)14-4-3-5-15-28/h6-13H,3-5,14-21H2,1-2H3,(H,29,33)(H,30,34)/p+1. The van der Waals surface area contributed by atoms with Gasteiger partial charge in [0, 0.05) is 24.9 Å². The Morgan fingerprint density at radius 3 is 2.21 bits per heavy atom. The van der Waals surface area contributed by atoms with Crippen molar-refractivity contribution in [1.29, 1.82) is 0 Å². The fraction of sp³-hybridized carbons (Fsp3) is 0.500. The predicted octanol–water partition coefficient (Wildman–Crippen LogP) is 2.90. The van der Waals surface area contributed by atoms with Crippen molar-refractivity contribution in [3.63, 3.8) is 0 Å². The van der Waals surface area contributed by atoms with Crippen LogP contribution in [0.3, 0.4) is 0 Å². The minimum Gasteiger partial charge on any atom is -0.353 e. The Balaban J connectivity index is 1.30. The van der Waals surface area contributed by atoms with E-state index in [9.17, 15) is 4.79 Å². The number of aryl methyl sites for hydroxylation is 2. The van der Waals surface area contributed by atoms with Crippen LogP contribution < -0.4 is 15.5 Å². The van der Waals surface area contributed by atoms with E-state index in [1.165, 1.54) is 48.8 Å². The van der Waals surface area contributed by atoms with E-state index >= 15 is 0 Å². The van der Waals surface area contributed by atoms with Crippen LogP contribution in [0.15, 0.2) is 48.5 Å².